The summed E-state index contributed by atoms with van der Waals surface area (Å²) in [6.45, 7) is 0. The van der Waals surface area contributed by atoms with Crippen LogP contribution in [0.15, 0.2) is 47.5 Å². The largest absolute Gasteiger partial charge is 0.472 e. The van der Waals surface area contributed by atoms with Gasteiger partial charge in [-0.1, -0.05) is 0 Å². The van der Waals surface area contributed by atoms with Crippen molar-refractivity contribution in [2.45, 2.75) is 0 Å². The van der Waals surface area contributed by atoms with E-state index in [1.165, 1.54) is 37.1 Å². The number of nitrogens with zero attached hydrogens (tertiary/aromatic N) is 2. The number of furan rings is 1. The van der Waals surface area contributed by atoms with Crippen molar-refractivity contribution in [1.82, 2.24) is 9.99 Å². The average molecular weight is 231 g/mol. The summed E-state index contributed by atoms with van der Waals surface area (Å²) in [4.78, 5) is 27.3. The minimum absolute atomic E-state index is 0.213. The van der Waals surface area contributed by atoms with Gasteiger partial charge in [0.05, 0.1) is 17.4 Å². The fourth-order valence-corrected chi connectivity index (χ4v) is 1.25. The Labute approximate surface area is 96.6 Å². The van der Waals surface area contributed by atoms with Crippen molar-refractivity contribution in [3.8, 4) is 0 Å². The number of hydrogen-bond donors (Lipinski definition) is 1. The van der Waals surface area contributed by atoms with Gasteiger partial charge in [0.15, 0.2) is 0 Å². The van der Waals surface area contributed by atoms with E-state index in [0.29, 0.717) is 5.01 Å². The van der Waals surface area contributed by atoms with Crippen LogP contribution in [0.3, 0.4) is 0 Å². The lowest BCUT2D eigenvalue weighted by atomic mass is 10.2. The monoisotopic (exact) mass is 231 g/mol. The van der Waals surface area contributed by atoms with Crippen molar-refractivity contribution < 1.29 is 14.0 Å². The molecule has 6 heteroatoms. The molecule has 2 rings (SSSR count). The Morgan fingerprint density at radius 3 is 2.59 bits per heavy atom. The summed E-state index contributed by atoms with van der Waals surface area (Å²) < 4.78 is 4.74. The van der Waals surface area contributed by atoms with Crippen LogP contribution in [0.2, 0.25) is 0 Å². The summed E-state index contributed by atoms with van der Waals surface area (Å²) in [5, 5.41) is 0.530. The van der Waals surface area contributed by atoms with Crippen molar-refractivity contribution in [3.63, 3.8) is 0 Å². The molecule has 0 spiro atoms. The SMILES string of the molecule is NN(C(=O)c1cccnc1)C(=O)c1ccoc1. The van der Waals surface area contributed by atoms with Crippen LogP contribution in [0.5, 0.6) is 0 Å². The molecule has 2 amide bonds. The number of rotatable bonds is 2. The summed E-state index contributed by atoms with van der Waals surface area (Å²) in [5.74, 6) is 4.20. The van der Waals surface area contributed by atoms with Gasteiger partial charge in [-0.2, -0.15) is 0 Å². The molecule has 0 aromatic carbocycles. The lowest BCUT2D eigenvalue weighted by molar-refractivity contribution is 0.0615. The van der Waals surface area contributed by atoms with Gasteiger partial charge in [0.2, 0.25) is 0 Å². The molecule has 2 N–H and O–H groups in total. The second kappa shape index (κ2) is 4.58. The number of hydrazine groups is 1. The molecule has 86 valence electrons. The van der Waals surface area contributed by atoms with E-state index in [9.17, 15) is 9.59 Å². The van der Waals surface area contributed by atoms with Gasteiger partial charge >= 0.3 is 0 Å². The predicted octanol–water partition coefficient (Wildman–Crippen LogP) is 0.831. The van der Waals surface area contributed by atoms with Crippen LogP contribution in [0.4, 0.5) is 0 Å². The number of pyridine rings is 1. The highest BCUT2D eigenvalue weighted by Gasteiger charge is 2.21. The predicted molar refractivity (Wildman–Crippen MR) is 57.6 cm³/mol. The zero-order chi connectivity index (χ0) is 12.3. The molecular weight excluding hydrogens is 222 g/mol. The van der Waals surface area contributed by atoms with Crippen LogP contribution in [0, 0.1) is 0 Å². The van der Waals surface area contributed by atoms with Gasteiger partial charge < -0.3 is 4.42 Å². The first-order valence-electron chi connectivity index (χ1n) is 4.76. The Morgan fingerprint density at radius 1 is 1.24 bits per heavy atom. The smallest absolute Gasteiger partial charge is 0.278 e. The second-order valence-corrected chi connectivity index (χ2v) is 3.23. The van der Waals surface area contributed by atoms with E-state index in [0.717, 1.165) is 0 Å². The number of carbonyl (C=O) groups is 2. The molecule has 0 saturated heterocycles. The third kappa shape index (κ3) is 2.21. The molecule has 2 heterocycles. The van der Waals surface area contributed by atoms with E-state index in [-0.39, 0.29) is 11.1 Å². The zero-order valence-corrected chi connectivity index (χ0v) is 8.74. The highest BCUT2D eigenvalue weighted by molar-refractivity contribution is 6.09. The summed E-state index contributed by atoms with van der Waals surface area (Å²) in [5.41, 5.74) is 0.455. The van der Waals surface area contributed by atoms with Crippen LogP contribution in [0.25, 0.3) is 0 Å². The Morgan fingerprint density at radius 2 is 2.00 bits per heavy atom. The molecule has 0 aliphatic heterocycles. The molecule has 6 nitrogen and oxygen atoms in total. The Kier molecular flexibility index (Phi) is 2.97. The first-order chi connectivity index (χ1) is 8.20. The van der Waals surface area contributed by atoms with Crippen molar-refractivity contribution in [2.75, 3.05) is 0 Å². The van der Waals surface area contributed by atoms with Crippen LogP contribution in [0.1, 0.15) is 20.7 Å². The van der Waals surface area contributed by atoms with Gasteiger partial charge in [-0.15, -0.1) is 0 Å². The third-order valence-corrected chi connectivity index (χ3v) is 2.11. The quantitative estimate of drug-likeness (QED) is 0.358. The van der Waals surface area contributed by atoms with Gasteiger partial charge in [-0.25, -0.2) is 10.9 Å². The molecule has 0 fully saturated rings. The van der Waals surface area contributed by atoms with Crippen molar-refractivity contribution in [1.29, 1.82) is 0 Å². The van der Waals surface area contributed by atoms with Gasteiger partial charge in [0, 0.05) is 12.4 Å². The average Bonchev–Trinajstić information content (AvgIpc) is 2.91. The van der Waals surface area contributed by atoms with E-state index in [4.69, 9.17) is 10.3 Å². The topological polar surface area (TPSA) is 89.4 Å². The van der Waals surface area contributed by atoms with E-state index in [2.05, 4.69) is 4.98 Å². The first-order valence-corrected chi connectivity index (χ1v) is 4.76. The molecule has 0 aliphatic rings. The van der Waals surface area contributed by atoms with Crippen LogP contribution >= 0.6 is 0 Å². The van der Waals surface area contributed by atoms with Crippen molar-refractivity contribution in [2.24, 2.45) is 5.84 Å². The molecule has 2 aromatic rings. The molecule has 0 bridgehead atoms. The first kappa shape index (κ1) is 11.0. The molecule has 0 unspecified atom stereocenters. The van der Waals surface area contributed by atoms with E-state index in [1.54, 1.807) is 6.07 Å². The fraction of sp³-hybridized carbons (Fsp3) is 0. The maximum absolute atomic E-state index is 11.8. The molecule has 0 aliphatic carbocycles. The van der Waals surface area contributed by atoms with E-state index < -0.39 is 11.8 Å². The van der Waals surface area contributed by atoms with Gasteiger partial charge in [0.1, 0.15) is 6.26 Å². The molecule has 0 atom stereocenters. The van der Waals surface area contributed by atoms with Gasteiger partial charge in [-0.3, -0.25) is 14.6 Å². The zero-order valence-electron chi connectivity index (χ0n) is 8.74. The summed E-state index contributed by atoms with van der Waals surface area (Å²) in [6, 6.07) is 4.54. The maximum Gasteiger partial charge on any atom is 0.278 e. The Hall–Kier alpha value is -2.47. The third-order valence-electron chi connectivity index (χ3n) is 2.11. The molecule has 17 heavy (non-hydrogen) atoms. The number of amides is 2. The highest BCUT2D eigenvalue weighted by atomic mass is 16.3. The van der Waals surface area contributed by atoms with Crippen molar-refractivity contribution >= 4 is 11.8 Å². The fourth-order valence-electron chi connectivity index (χ4n) is 1.25. The second-order valence-electron chi connectivity index (χ2n) is 3.23. The van der Waals surface area contributed by atoms with Crippen molar-refractivity contribution in [3.05, 3.63) is 54.2 Å². The number of aromatic nitrogens is 1. The molecule has 0 radical (unpaired) electrons. The highest BCUT2D eigenvalue weighted by Crippen LogP contribution is 2.06. The standard InChI is InChI=1S/C11H9N3O3/c12-14(11(16)9-3-5-17-7-9)10(15)8-2-1-4-13-6-8/h1-7H,12H2. The Bertz CT molecular complexity index is 522. The van der Waals surface area contributed by atoms with Crippen LogP contribution in [-0.2, 0) is 0 Å². The minimum atomic E-state index is -0.632. The molecule has 2 aromatic heterocycles. The van der Waals surface area contributed by atoms with Crippen LogP contribution < -0.4 is 5.84 Å². The summed E-state index contributed by atoms with van der Waals surface area (Å²) in [7, 11) is 0. The van der Waals surface area contributed by atoms with E-state index in [1.807, 2.05) is 0 Å². The lowest BCUT2D eigenvalue weighted by Crippen LogP contribution is -2.42. The van der Waals surface area contributed by atoms with Crippen LogP contribution in [-0.4, -0.2) is 21.8 Å². The Balaban J connectivity index is 2.19. The summed E-state index contributed by atoms with van der Waals surface area (Å²) >= 11 is 0. The number of imide groups is 1. The summed E-state index contributed by atoms with van der Waals surface area (Å²) in [6.07, 6.45) is 5.41. The lowest BCUT2D eigenvalue weighted by Gasteiger charge is -2.13. The van der Waals surface area contributed by atoms with E-state index >= 15 is 0 Å². The number of carbonyl (C=O) groups excluding carboxylic acids is 2. The number of hydrogen-bond acceptors (Lipinski definition) is 5. The normalized spacial score (nSPS) is 9.94. The minimum Gasteiger partial charge on any atom is -0.472 e. The van der Waals surface area contributed by atoms with Gasteiger partial charge in [0.25, 0.3) is 11.8 Å². The van der Waals surface area contributed by atoms with Gasteiger partial charge in [-0.05, 0) is 18.2 Å². The maximum atomic E-state index is 11.8. The molecule has 0 saturated carbocycles. The number of nitrogens with two attached hydrogens (primary N) is 1. The molecular formula is C11H9N3O3.